The third-order valence-corrected chi connectivity index (χ3v) is 6.36. The summed E-state index contributed by atoms with van der Waals surface area (Å²) in [5.41, 5.74) is 1.35. The quantitative estimate of drug-likeness (QED) is 0.919. The average Bonchev–Trinajstić information content (AvgIpc) is 3.02. The van der Waals surface area contributed by atoms with Crippen molar-refractivity contribution in [3.05, 3.63) is 21.9 Å². The third kappa shape index (κ3) is 3.47. The molecule has 4 nitrogen and oxygen atoms in total. The van der Waals surface area contributed by atoms with E-state index in [0.29, 0.717) is 6.54 Å². The van der Waals surface area contributed by atoms with Gasteiger partial charge in [0, 0.05) is 17.5 Å². The van der Waals surface area contributed by atoms with Gasteiger partial charge in [0.2, 0.25) is 5.91 Å². The Balaban J connectivity index is 1.70. The van der Waals surface area contributed by atoms with E-state index in [0.717, 1.165) is 45.2 Å². The van der Waals surface area contributed by atoms with Crippen molar-refractivity contribution in [2.24, 2.45) is 0 Å². The topological polar surface area (TPSA) is 43.8 Å². The highest BCUT2D eigenvalue weighted by atomic mass is 32.1. The molecular weight excluding hydrogens is 308 g/mol. The molecule has 1 aromatic rings. The molecule has 3 heterocycles. The number of hydrogen-bond donors (Lipinski definition) is 1. The van der Waals surface area contributed by atoms with Crippen LogP contribution in [0.4, 0.5) is 0 Å². The predicted molar refractivity (Wildman–Crippen MR) is 93.7 cm³/mol. The number of carbonyl (C=O) groups is 1. The van der Waals surface area contributed by atoms with E-state index < -0.39 is 0 Å². The maximum absolute atomic E-state index is 12.9. The van der Waals surface area contributed by atoms with Gasteiger partial charge in [0.05, 0.1) is 18.7 Å². The van der Waals surface area contributed by atoms with Gasteiger partial charge < -0.3 is 10.0 Å². The lowest BCUT2D eigenvalue weighted by Crippen LogP contribution is -2.51. The first-order valence-electron chi connectivity index (χ1n) is 8.89. The van der Waals surface area contributed by atoms with Crippen LogP contribution < -0.4 is 0 Å². The van der Waals surface area contributed by atoms with Crippen LogP contribution in [0.2, 0.25) is 0 Å². The summed E-state index contributed by atoms with van der Waals surface area (Å²) in [6.45, 7) is 6.22. The fraction of sp³-hybridized carbons (Fsp3) is 0.722. The highest BCUT2D eigenvalue weighted by Gasteiger charge is 2.33. The summed E-state index contributed by atoms with van der Waals surface area (Å²) in [6.07, 6.45) is 4.86. The molecule has 5 heteroatoms. The maximum atomic E-state index is 12.9. The van der Waals surface area contributed by atoms with Crippen molar-refractivity contribution >= 4 is 17.2 Å². The minimum absolute atomic E-state index is 0.134. The average molecular weight is 337 g/mol. The lowest BCUT2D eigenvalue weighted by molar-refractivity contribution is -0.137. The van der Waals surface area contributed by atoms with Crippen LogP contribution >= 0.6 is 11.3 Å². The zero-order valence-corrected chi connectivity index (χ0v) is 15.0. The van der Waals surface area contributed by atoms with Crippen molar-refractivity contribution in [2.75, 3.05) is 19.6 Å². The molecule has 1 N–H and O–H groups in total. The molecule has 1 amide bonds. The fourth-order valence-corrected chi connectivity index (χ4v) is 5.09. The van der Waals surface area contributed by atoms with Gasteiger partial charge in [0.25, 0.3) is 0 Å². The molecule has 1 saturated heterocycles. The van der Waals surface area contributed by atoms with Crippen molar-refractivity contribution in [3.8, 4) is 0 Å². The molecule has 3 rings (SSSR count). The lowest BCUT2D eigenvalue weighted by atomic mass is 9.96. The first-order valence-corrected chi connectivity index (χ1v) is 9.77. The van der Waals surface area contributed by atoms with Gasteiger partial charge >= 0.3 is 0 Å². The summed E-state index contributed by atoms with van der Waals surface area (Å²) in [6, 6.07) is 2.55. The molecule has 128 valence electrons. The van der Waals surface area contributed by atoms with Gasteiger partial charge in [-0.1, -0.05) is 13.3 Å². The van der Waals surface area contributed by atoms with E-state index in [4.69, 9.17) is 0 Å². The van der Waals surface area contributed by atoms with Crippen LogP contribution in [0, 0.1) is 0 Å². The van der Waals surface area contributed by atoms with Crippen LogP contribution in [0.15, 0.2) is 11.4 Å². The lowest BCUT2D eigenvalue weighted by Gasteiger charge is -2.40. The van der Waals surface area contributed by atoms with Gasteiger partial charge in [-0.2, -0.15) is 0 Å². The van der Waals surface area contributed by atoms with Crippen molar-refractivity contribution in [1.29, 1.82) is 0 Å². The number of likely N-dealkylation sites (tertiary alicyclic amines) is 1. The Bertz CT molecular complexity index is 543. The predicted octanol–water partition coefficient (Wildman–Crippen LogP) is 2.82. The monoisotopic (exact) mass is 336 g/mol. The van der Waals surface area contributed by atoms with Crippen LogP contribution in [-0.4, -0.2) is 52.6 Å². The van der Waals surface area contributed by atoms with Gasteiger partial charge in [-0.25, -0.2) is 0 Å². The summed E-state index contributed by atoms with van der Waals surface area (Å²) < 4.78 is 0. The van der Waals surface area contributed by atoms with Gasteiger partial charge in [0.15, 0.2) is 0 Å². The van der Waals surface area contributed by atoms with Crippen LogP contribution in [0.25, 0.3) is 0 Å². The van der Waals surface area contributed by atoms with Crippen molar-refractivity contribution in [2.45, 2.75) is 64.1 Å². The second-order valence-corrected chi connectivity index (χ2v) is 7.84. The molecule has 3 unspecified atom stereocenters. The molecule has 2 aliphatic heterocycles. The van der Waals surface area contributed by atoms with Gasteiger partial charge in [-0.05, 0) is 56.2 Å². The van der Waals surface area contributed by atoms with E-state index in [9.17, 15) is 9.90 Å². The summed E-state index contributed by atoms with van der Waals surface area (Å²) >= 11 is 1.82. The Morgan fingerprint density at radius 3 is 3.00 bits per heavy atom. The number of piperidine rings is 1. The van der Waals surface area contributed by atoms with Crippen molar-refractivity contribution in [3.63, 3.8) is 0 Å². The number of thiophene rings is 1. The summed E-state index contributed by atoms with van der Waals surface area (Å²) in [7, 11) is 0. The summed E-state index contributed by atoms with van der Waals surface area (Å²) in [5.74, 6) is 0.223. The van der Waals surface area contributed by atoms with Crippen LogP contribution in [0.3, 0.4) is 0 Å². The van der Waals surface area contributed by atoms with E-state index in [2.05, 4.69) is 28.2 Å². The van der Waals surface area contributed by atoms with Crippen molar-refractivity contribution < 1.29 is 9.90 Å². The van der Waals surface area contributed by atoms with E-state index in [-0.39, 0.29) is 24.1 Å². The molecule has 1 fully saturated rings. The van der Waals surface area contributed by atoms with Gasteiger partial charge in [0.1, 0.15) is 0 Å². The molecule has 0 bridgehead atoms. The summed E-state index contributed by atoms with van der Waals surface area (Å²) in [5, 5.41) is 12.2. The van der Waals surface area contributed by atoms with Gasteiger partial charge in [-0.15, -0.1) is 11.3 Å². The second kappa shape index (κ2) is 7.32. The second-order valence-electron chi connectivity index (χ2n) is 6.83. The number of carbonyl (C=O) groups excluding carboxylic acids is 1. The zero-order chi connectivity index (χ0) is 16.4. The van der Waals surface area contributed by atoms with E-state index >= 15 is 0 Å². The molecule has 2 aliphatic rings. The molecule has 0 aliphatic carbocycles. The van der Waals surface area contributed by atoms with Crippen molar-refractivity contribution in [1.82, 2.24) is 9.80 Å². The Morgan fingerprint density at radius 2 is 2.26 bits per heavy atom. The van der Waals surface area contributed by atoms with E-state index in [1.165, 1.54) is 10.4 Å². The molecule has 3 atom stereocenters. The minimum Gasteiger partial charge on any atom is -0.392 e. The highest BCUT2D eigenvalue weighted by molar-refractivity contribution is 7.10. The molecule has 0 saturated carbocycles. The van der Waals surface area contributed by atoms with Gasteiger partial charge in [-0.3, -0.25) is 9.69 Å². The number of nitrogens with zero attached hydrogens (tertiary/aromatic N) is 2. The fourth-order valence-electron chi connectivity index (χ4n) is 4.16. The number of fused-ring (bicyclic) bond motifs is 1. The van der Waals surface area contributed by atoms with Crippen LogP contribution in [0.1, 0.15) is 56.0 Å². The molecule has 1 aromatic heterocycles. The molecule has 0 radical (unpaired) electrons. The molecule has 0 aromatic carbocycles. The number of aliphatic hydroxyl groups excluding tert-OH is 1. The SMILES string of the molecule is CCC1c2ccsc2CCN1C(=O)CN1CCCCC1C(C)O. The highest BCUT2D eigenvalue weighted by Crippen LogP contribution is 2.35. The normalized spacial score (nSPS) is 26.8. The van der Waals surface area contributed by atoms with Crippen LogP contribution in [-0.2, 0) is 11.2 Å². The maximum Gasteiger partial charge on any atom is 0.237 e. The number of aliphatic hydroxyl groups is 1. The minimum atomic E-state index is -0.366. The molecule has 23 heavy (non-hydrogen) atoms. The van der Waals surface area contributed by atoms with Crippen LogP contribution in [0.5, 0.6) is 0 Å². The van der Waals surface area contributed by atoms with E-state index in [1.54, 1.807) is 0 Å². The Labute approximate surface area is 143 Å². The third-order valence-electron chi connectivity index (χ3n) is 5.36. The Morgan fingerprint density at radius 1 is 1.43 bits per heavy atom. The first-order chi connectivity index (χ1) is 11.1. The van der Waals surface area contributed by atoms with E-state index in [1.807, 2.05) is 18.3 Å². The Hall–Kier alpha value is -0.910. The number of hydrogen-bond acceptors (Lipinski definition) is 4. The summed E-state index contributed by atoms with van der Waals surface area (Å²) in [4.78, 5) is 18.7. The number of rotatable bonds is 4. The standard InChI is InChI=1S/C18H28N2O2S/c1-3-15-14-8-11-23-17(14)7-10-20(15)18(22)12-19-9-5-4-6-16(19)13(2)21/h8,11,13,15-16,21H,3-7,9-10,12H2,1-2H3. The molecular formula is C18H28N2O2S. The molecule has 0 spiro atoms. The largest absolute Gasteiger partial charge is 0.392 e. The first kappa shape index (κ1) is 16.9. The smallest absolute Gasteiger partial charge is 0.237 e. The Kier molecular flexibility index (Phi) is 5.39. The number of amides is 1. The zero-order valence-electron chi connectivity index (χ0n) is 14.2.